The summed E-state index contributed by atoms with van der Waals surface area (Å²) in [6, 6.07) is -1.53. The summed E-state index contributed by atoms with van der Waals surface area (Å²) in [5, 5.41) is 11.4. The number of carboxylic acids is 1. The highest BCUT2D eigenvalue weighted by Crippen LogP contribution is 2.02. The second-order valence-electron chi connectivity index (χ2n) is 3.71. The van der Waals surface area contributed by atoms with E-state index in [1.807, 2.05) is 6.26 Å². The zero-order valence-electron chi connectivity index (χ0n) is 11.3. The van der Waals surface area contributed by atoms with Gasteiger partial charge in [0.2, 0.25) is 0 Å². The molecule has 2 N–H and O–H groups in total. The fourth-order valence-corrected chi connectivity index (χ4v) is 1.75. The van der Waals surface area contributed by atoms with Gasteiger partial charge in [-0.15, -0.1) is 0 Å². The number of hydrogen-bond acceptors (Lipinski definition) is 5. The summed E-state index contributed by atoms with van der Waals surface area (Å²) in [5.41, 5.74) is 0. The van der Waals surface area contributed by atoms with Crippen LogP contribution in [0.3, 0.4) is 0 Å². The van der Waals surface area contributed by atoms with Crippen LogP contribution in [0.25, 0.3) is 0 Å². The number of esters is 1. The predicted octanol–water partition coefficient (Wildman–Crippen LogP) is 0.397. The standard InChI is InChI=1S/C11H20N2O5S/c1-4-13(7-9(14)18-2)11(17)12-8(10(15)16)5-6-19-3/h8H,4-7H2,1-3H3,(H,12,17)(H,15,16)/t8-/m0/s1. The van der Waals surface area contributed by atoms with Crippen molar-refractivity contribution in [2.45, 2.75) is 19.4 Å². The van der Waals surface area contributed by atoms with Crippen LogP contribution in [0.4, 0.5) is 4.79 Å². The van der Waals surface area contributed by atoms with Crippen LogP contribution in [0.1, 0.15) is 13.3 Å². The van der Waals surface area contributed by atoms with Crippen LogP contribution in [-0.2, 0) is 14.3 Å². The molecule has 0 aromatic rings. The lowest BCUT2D eigenvalue weighted by Crippen LogP contribution is -2.49. The average molecular weight is 292 g/mol. The van der Waals surface area contributed by atoms with Crippen molar-refractivity contribution in [3.63, 3.8) is 0 Å². The number of amides is 2. The SMILES string of the molecule is CCN(CC(=O)OC)C(=O)N[C@@H](CCSC)C(=O)O. The summed E-state index contributed by atoms with van der Waals surface area (Å²) in [7, 11) is 1.23. The van der Waals surface area contributed by atoms with E-state index < -0.39 is 24.0 Å². The molecule has 0 radical (unpaired) electrons. The Balaban J connectivity index is 4.50. The van der Waals surface area contributed by atoms with E-state index in [0.29, 0.717) is 12.2 Å². The van der Waals surface area contributed by atoms with Crippen LogP contribution in [0.5, 0.6) is 0 Å². The van der Waals surface area contributed by atoms with Crippen LogP contribution in [0.2, 0.25) is 0 Å². The largest absolute Gasteiger partial charge is 0.480 e. The van der Waals surface area contributed by atoms with Crippen molar-refractivity contribution in [3.8, 4) is 0 Å². The number of thioether (sulfide) groups is 1. The molecule has 2 amide bonds. The molecule has 8 heteroatoms. The summed E-state index contributed by atoms with van der Waals surface area (Å²) < 4.78 is 4.47. The number of carboxylic acid groups (broad SMARTS) is 1. The number of likely N-dealkylation sites (N-methyl/N-ethyl adjacent to an activating group) is 1. The first-order valence-corrected chi connectivity index (χ1v) is 7.19. The number of aliphatic carboxylic acids is 1. The summed E-state index contributed by atoms with van der Waals surface area (Å²) in [5.74, 6) is -1.01. The maximum atomic E-state index is 11.8. The minimum absolute atomic E-state index is 0.201. The van der Waals surface area contributed by atoms with E-state index in [1.165, 1.54) is 23.8 Å². The molecule has 0 aliphatic rings. The summed E-state index contributed by atoms with van der Waals surface area (Å²) in [6.45, 7) is 1.78. The van der Waals surface area contributed by atoms with Crippen LogP contribution < -0.4 is 5.32 Å². The fourth-order valence-electron chi connectivity index (χ4n) is 1.28. The second kappa shape index (κ2) is 9.48. The van der Waals surface area contributed by atoms with Gasteiger partial charge in [-0.05, 0) is 25.4 Å². The van der Waals surface area contributed by atoms with Crippen LogP contribution in [0.15, 0.2) is 0 Å². The van der Waals surface area contributed by atoms with Crippen molar-refractivity contribution in [1.82, 2.24) is 10.2 Å². The Bertz CT molecular complexity index is 324. The van der Waals surface area contributed by atoms with Crippen molar-refractivity contribution < 1.29 is 24.2 Å². The van der Waals surface area contributed by atoms with Gasteiger partial charge in [0.1, 0.15) is 12.6 Å². The fraction of sp³-hybridized carbons (Fsp3) is 0.727. The number of nitrogens with zero attached hydrogens (tertiary/aromatic N) is 1. The van der Waals surface area contributed by atoms with Gasteiger partial charge in [0, 0.05) is 6.54 Å². The van der Waals surface area contributed by atoms with Crippen LogP contribution in [0, 0.1) is 0 Å². The quantitative estimate of drug-likeness (QED) is 0.629. The van der Waals surface area contributed by atoms with Gasteiger partial charge < -0.3 is 20.1 Å². The van der Waals surface area contributed by atoms with E-state index in [-0.39, 0.29) is 13.1 Å². The predicted molar refractivity (Wildman–Crippen MR) is 72.2 cm³/mol. The molecule has 110 valence electrons. The van der Waals surface area contributed by atoms with Gasteiger partial charge in [-0.2, -0.15) is 11.8 Å². The lowest BCUT2D eigenvalue weighted by atomic mass is 10.2. The molecule has 7 nitrogen and oxygen atoms in total. The van der Waals surface area contributed by atoms with Crippen molar-refractivity contribution in [3.05, 3.63) is 0 Å². The Kier molecular flexibility index (Phi) is 8.77. The molecule has 0 spiro atoms. The smallest absolute Gasteiger partial charge is 0.326 e. The zero-order valence-corrected chi connectivity index (χ0v) is 12.2. The molecule has 0 aromatic carbocycles. The van der Waals surface area contributed by atoms with Crippen molar-refractivity contribution in [2.75, 3.05) is 32.2 Å². The number of urea groups is 1. The van der Waals surface area contributed by atoms with Gasteiger partial charge in [-0.1, -0.05) is 0 Å². The first-order valence-electron chi connectivity index (χ1n) is 5.80. The molecule has 1 atom stereocenters. The molecule has 0 bridgehead atoms. The number of hydrogen-bond donors (Lipinski definition) is 2. The molecule has 19 heavy (non-hydrogen) atoms. The first kappa shape index (κ1) is 17.6. The number of methoxy groups -OCH3 is 1. The highest BCUT2D eigenvalue weighted by Gasteiger charge is 2.23. The lowest BCUT2D eigenvalue weighted by Gasteiger charge is -2.22. The number of nitrogens with one attached hydrogen (secondary N) is 1. The van der Waals surface area contributed by atoms with E-state index in [0.717, 1.165) is 0 Å². The maximum absolute atomic E-state index is 11.8. The summed E-state index contributed by atoms with van der Waals surface area (Å²) >= 11 is 1.50. The number of rotatable bonds is 8. The highest BCUT2D eigenvalue weighted by atomic mass is 32.2. The van der Waals surface area contributed by atoms with E-state index in [9.17, 15) is 14.4 Å². The van der Waals surface area contributed by atoms with Crippen LogP contribution in [-0.4, -0.2) is 66.2 Å². The van der Waals surface area contributed by atoms with Gasteiger partial charge in [0.15, 0.2) is 0 Å². The molecule has 0 unspecified atom stereocenters. The third-order valence-corrected chi connectivity index (χ3v) is 3.07. The number of ether oxygens (including phenoxy) is 1. The van der Waals surface area contributed by atoms with Gasteiger partial charge in [0.25, 0.3) is 0 Å². The topological polar surface area (TPSA) is 95.9 Å². The number of carbonyl (C=O) groups excluding carboxylic acids is 2. The van der Waals surface area contributed by atoms with Crippen LogP contribution >= 0.6 is 11.8 Å². The van der Waals surface area contributed by atoms with Crippen molar-refractivity contribution in [2.24, 2.45) is 0 Å². The Morgan fingerprint density at radius 2 is 2.05 bits per heavy atom. The summed E-state index contributed by atoms with van der Waals surface area (Å²) in [6.07, 6.45) is 2.19. The van der Waals surface area contributed by atoms with E-state index in [4.69, 9.17) is 5.11 Å². The second-order valence-corrected chi connectivity index (χ2v) is 4.70. The average Bonchev–Trinajstić information content (AvgIpc) is 2.39. The maximum Gasteiger partial charge on any atom is 0.326 e. The van der Waals surface area contributed by atoms with Crippen molar-refractivity contribution >= 4 is 29.7 Å². The third kappa shape index (κ3) is 6.90. The Morgan fingerprint density at radius 1 is 1.42 bits per heavy atom. The highest BCUT2D eigenvalue weighted by molar-refractivity contribution is 7.98. The molecule has 0 saturated carbocycles. The molecule has 0 aliphatic heterocycles. The number of carbonyl (C=O) groups is 3. The zero-order chi connectivity index (χ0) is 14.8. The molecular formula is C11H20N2O5S. The molecular weight excluding hydrogens is 272 g/mol. The Hall–Kier alpha value is -1.44. The van der Waals surface area contributed by atoms with E-state index in [2.05, 4.69) is 10.1 Å². The van der Waals surface area contributed by atoms with Gasteiger partial charge in [-0.3, -0.25) is 4.79 Å². The minimum atomic E-state index is -1.09. The molecule has 0 aliphatic carbocycles. The van der Waals surface area contributed by atoms with Gasteiger partial charge >= 0.3 is 18.0 Å². The third-order valence-electron chi connectivity index (χ3n) is 2.42. The monoisotopic (exact) mass is 292 g/mol. The molecule has 0 saturated heterocycles. The molecule has 0 fully saturated rings. The normalized spacial score (nSPS) is 11.5. The molecule has 0 aromatic heterocycles. The Morgan fingerprint density at radius 3 is 2.47 bits per heavy atom. The first-order chi connectivity index (χ1) is 8.96. The molecule has 0 rings (SSSR count). The van der Waals surface area contributed by atoms with Gasteiger partial charge in [-0.25, -0.2) is 9.59 Å². The van der Waals surface area contributed by atoms with E-state index in [1.54, 1.807) is 6.92 Å². The Labute approximate surface area is 116 Å². The summed E-state index contributed by atoms with van der Waals surface area (Å²) in [4.78, 5) is 35.1. The minimum Gasteiger partial charge on any atom is -0.480 e. The van der Waals surface area contributed by atoms with E-state index >= 15 is 0 Å². The van der Waals surface area contributed by atoms with Crippen molar-refractivity contribution in [1.29, 1.82) is 0 Å². The lowest BCUT2D eigenvalue weighted by molar-refractivity contribution is -0.141. The van der Waals surface area contributed by atoms with Gasteiger partial charge in [0.05, 0.1) is 7.11 Å². The molecule has 0 heterocycles.